The van der Waals surface area contributed by atoms with Gasteiger partial charge in [-0.05, 0) is 47.7 Å². The van der Waals surface area contributed by atoms with Crippen LogP contribution in [-0.2, 0) is 17.7 Å². The monoisotopic (exact) mass is 375 g/mol. The Bertz CT molecular complexity index is 660. The molecule has 0 heterocycles. The maximum atomic E-state index is 5.67. The first-order chi connectivity index (χ1) is 11.3. The Morgan fingerprint density at radius 1 is 1.17 bits per heavy atom. The van der Waals surface area contributed by atoms with Crippen LogP contribution < -0.4 is 10.1 Å². The largest absolute Gasteiger partial charge is 0.491 e. The fourth-order valence-corrected chi connectivity index (χ4v) is 3.63. The molecule has 1 unspecified atom stereocenters. The summed E-state index contributed by atoms with van der Waals surface area (Å²) in [6.45, 7) is 2.03. The summed E-state index contributed by atoms with van der Waals surface area (Å²) in [5, 5.41) is 3.67. The number of benzene rings is 2. The van der Waals surface area contributed by atoms with Gasteiger partial charge in [-0.1, -0.05) is 40.2 Å². The van der Waals surface area contributed by atoms with E-state index in [4.69, 9.17) is 9.47 Å². The maximum Gasteiger partial charge on any atom is 0.119 e. The first-order valence-electron chi connectivity index (χ1n) is 7.99. The van der Waals surface area contributed by atoms with Gasteiger partial charge in [-0.2, -0.15) is 0 Å². The highest BCUT2D eigenvalue weighted by Gasteiger charge is 2.23. The predicted molar refractivity (Wildman–Crippen MR) is 95.9 cm³/mol. The number of hydrogen-bond donors (Lipinski definition) is 1. The minimum absolute atomic E-state index is 0.431. The second kappa shape index (κ2) is 7.95. The summed E-state index contributed by atoms with van der Waals surface area (Å²) >= 11 is 3.66. The molecule has 0 saturated carbocycles. The van der Waals surface area contributed by atoms with Gasteiger partial charge in [-0.3, -0.25) is 0 Å². The number of nitrogens with one attached hydrogen (secondary N) is 1. The van der Waals surface area contributed by atoms with Crippen LogP contribution >= 0.6 is 15.9 Å². The molecular weight excluding hydrogens is 354 g/mol. The highest BCUT2D eigenvalue weighted by molar-refractivity contribution is 9.10. The average Bonchev–Trinajstić information content (AvgIpc) is 2.98. The number of fused-ring (bicyclic) bond motifs is 1. The Kier molecular flexibility index (Phi) is 5.70. The summed E-state index contributed by atoms with van der Waals surface area (Å²) < 4.78 is 11.9. The molecule has 23 heavy (non-hydrogen) atoms. The van der Waals surface area contributed by atoms with Gasteiger partial charge < -0.3 is 14.8 Å². The van der Waals surface area contributed by atoms with Crippen LogP contribution in [0.15, 0.2) is 46.9 Å². The minimum atomic E-state index is 0.431. The van der Waals surface area contributed by atoms with Gasteiger partial charge >= 0.3 is 0 Å². The van der Waals surface area contributed by atoms with E-state index < -0.39 is 0 Å². The predicted octanol–water partition coefficient (Wildman–Crippen LogP) is 4.25. The van der Waals surface area contributed by atoms with Gasteiger partial charge in [0.1, 0.15) is 12.4 Å². The third-order valence-corrected chi connectivity index (χ3v) is 4.96. The van der Waals surface area contributed by atoms with Gasteiger partial charge in [-0.15, -0.1) is 0 Å². The van der Waals surface area contributed by atoms with Crippen molar-refractivity contribution in [3.63, 3.8) is 0 Å². The normalized spacial score (nSPS) is 16.3. The molecule has 2 aromatic rings. The van der Waals surface area contributed by atoms with Crippen LogP contribution in [0.2, 0.25) is 0 Å². The van der Waals surface area contributed by atoms with E-state index in [2.05, 4.69) is 51.6 Å². The van der Waals surface area contributed by atoms with Crippen molar-refractivity contribution in [1.29, 1.82) is 0 Å². The Morgan fingerprint density at radius 2 is 2.04 bits per heavy atom. The first-order valence-corrected chi connectivity index (χ1v) is 8.78. The topological polar surface area (TPSA) is 30.5 Å². The van der Waals surface area contributed by atoms with Crippen molar-refractivity contribution in [3.05, 3.63) is 63.6 Å². The van der Waals surface area contributed by atoms with E-state index in [-0.39, 0.29) is 0 Å². The Morgan fingerprint density at radius 3 is 2.91 bits per heavy atom. The lowest BCUT2D eigenvalue weighted by Gasteiger charge is -2.15. The van der Waals surface area contributed by atoms with Gasteiger partial charge in [-0.25, -0.2) is 0 Å². The molecular formula is C19H22BrNO2. The van der Waals surface area contributed by atoms with E-state index in [1.165, 1.54) is 21.2 Å². The van der Waals surface area contributed by atoms with Crippen LogP contribution in [0.3, 0.4) is 0 Å². The lowest BCUT2D eigenvalue weighted by Crippen LogP contribution is -2.18. The van der Waals surface area contributed by atoms with Crippen LogP contribution in [0.1, 0.15) is 29.2 Å². The molecule has 0 spiro atoms. The van der Waals surface area contributed by atoms with Gasteiger partial charge in [0.25, 0.3) is 0 Å². The molecule has 0 aromatic heterocycles. The van der Waals surface area contributed by atoms with Crippen molar-refractivity contribution in [2.45, 2.75) is 25.4 Å². The Balaban J connectivity index is 1.59. The van der Waals surface area contributed by atoms with E-state index in [9.17, 15) is 0 Å². The molecule has 1 N–H and O–H groups in total. The van der Waals surface area contributed by atoms with E-state index in [0.29, 0.717) is 19.3 Å². The summed E-state index contributed by atoms with van der Waals surface area (Å²) in [6, 6.07) is 15.2. The summed E-state index contributed by atoms with van der Waals surface area (Å²) in [5.74, 6) is 0.899. The smallest absolute Gasteiger partial charge is 0.119 e. The van der Waals surface area contributed by atoms with E-state index >= 15 is 0 Å². The summed E-state index contributed by atoms with van der Waals surface area (Å²) in [5.41, 5.74) is 4.11. The molecule has 0 fully saturated rings. The zero-order valence-corrected chi connectivity index (χ0v) is 14.9. The maximum absolute atomic E-state index is 5.67. The van der Waals surface area contributed by atoms with Crippen LogP contribution in [0, 0.1) is 0 Å². The number of halogens is 1. The number of ether oxygens (including phenoxy) is 2. The standard InChI is InChI=1S/C19H22BrNO2/c1-22-10-11-23-15-5-2-4-14(12-15)13-21-19-9-8-16-17(19)6-3-7-18(16)20/h2-7,12,19,21H,8-11,13H2,1H3. The third kappa shape index (κ3) is 4.14. The van der Waals surface area contributed by atoms with Crippen molar-refractivity contribution in [1.82, 2.24) is 5.32 Å². The molecule has 2 aromatic carbocycles. The average molecular weight is 376 g/mol. The molecule has 1 aliphatic rings. The van der Waals surface area contributed by atoms with Crippen LogP contribution in [0.4, 0.5) is 0 Å². The highest BCUT2D eigenvalue weighted by Crippen LogP contribution is 2.35. The molecule has 1 aliphatic carbocycles. The molecule has 0 amide bonds. The second-order valence-electron chi connectivity index (χ2n) is 5.77. The molecule has 0 bridgehead atoms. The third-order valence-electron chi connectivity index (χ3n) is 4.22. The van der Waals surface area contributed by atoms with Gasteiger partial charge in [0, 0.05) is 24.2 Å². The quantitative estimate of drug-likeness (QED) is 0.733. The molecule has 0 aliphatic heterocycles. The van der Waals surface area contributed by atoms with E-state index in [1.807, 2.05) is 12.1 Å². The number of methoxy groups -OCH3 is 1. The van der Waals surface area contributed by atoms with Crippen molar-refractivity contribution in [2.24, 2.45) is 0 Å². The van der Waals surface area contributed by atoms with Gasteiger partial charge in [0.15, 0.2) is 0 Å². The van der Waals surface area contributed by atoms with Crippen molar-refractivity contribution < 1.29 is 9.47 Å². The molecule has 122 valence electrons. The molecule has 0 saturated heterocycles. The fourth-order valence-electron chi connectivity index (χ4n) is 3.05. The SMILES string of the molecule is COCCOc1cccc(CNC2CCc3c(Br)cccc32)c1. The Labute approximate surface area is 146 Å². The molecule has 3 rings (SSSR count). The lowest BCUT2D eigenvalue weighted by atomic mass is 10.1. The summed E-state index contributed by atoms with van der Waals surface area (Å²) in [6.07, 6.45) is 2.29. The molecule has 3 nitrogen and oxygen atoms in total. The number of rotatable bonds is 7. The molecule has 0 radical (unpaired) electrons. The number of hydrogen-bond acceptors (Lipinski definition) is 3. The van der Waals surface area contributed by atoms with Crippen LogP contribution in [0.25, 0.3) is 0 Å². The van der Waals surface area contributed by atoms with Gasteiger partial charge in [0.2, 0.25) is 0 Å². The fraction of sp³-hybridized carbons (Fsp3) is 0.368. The first kappa shape index (κ1) is 16.5. The minimum Gasteiger partial charge on any atom is -0.491 e. The van der Waals surface area contributed by atoms with Gasteiger partial charge in [0.05, 0.1) is 6.61 Å². The van der Waals surface area contributed by atoms with Crippen LogP contribution in [-0.4, -0.2) is 20.3 Å². The Hall–Kier alpha value is -1.36. The van der Waals surface area contributed by atoms with E-state index in [1.54, 1.807) is 7.11 Å². The zero-order valence-electron chi connectivity index (χ0n) is 13.3. The van der Waals surface area contributed by atoms with Crippen molar-refractivity contribution >= 4 is 15.9 Å². The molecule has 1 atom stereocenters. The zero-order chi connectivity index (χ0) is 16.1. The van der Waals surface area contributed by atoms with Crippen molar-refractivity contribution in [3.8, 4) is 5.75 Å². The second-order valence-corrected chi connectivity index (χ2v) is 6.62. The summed E-state index contributed by atoms with van der Waals surface area (Å²) in [7, 11) is 1.68. The summed E-state index contributed by atoms with van der Waals surface area (Å²) in [4.78, 5) is 0. The van der Waals surface area contributed by atoms with Crippen LogP contribution in [0.5, 0.6) is 5.75 Å². The van der Waals surface area contributed by atoms with Crippen molar-refractivity contribution in [2.75, 3.05) is 20.3 Å². The highest BCUT2D eigenvalue weighted by atomic mass is 79.9. The molecule has 4 heteroatoms. The lowest BCUT2D eigenvalue weighted by molar-refractivity contribution is 0.146. The van der Waals surface area contributed by atoms with E-state index in [0.717, 1.165) is 25.1 Å².